The van der Waals surface area contributed by atoms with Crippen molar-refractivity contribution in [1.29, 1.82) is 0 Å². The number of ether oxygens (including phenoxy) is 7. The predicted molar refractivity (Wildman–Crippen MR) is 159 cm³/mol. The summed E-state index contributed by atoms with van der Waals surface area (Å²) in [5.41, 5.74) is 1.24. The molecule has 0 atom stereocenters. The molecule has 15 nitrogen and oxygen atoms in total. The zero-order chi connectivity index (χ0) is 31.7. The van der Waals surface area contributed by atoms with Crippen LogP contribution in [0.4, 0.5) is 4.79 Å². The standard InChI is InChI=1S/C29H46N6O9/c1-29(2,3)44-28(37)30-9-11-39-13-15-41-17-19-43-21-20-42-18-16-40-14-12-38-10-8-26(36)31-22-24-4-6-25(7-5-24)27-34-32-23-33-35-27/h4-7,23H,8-22H2,1-3H3,(H,30,37)(H,31,36). The van der Waals surface area contributed by atoms with E-state index in [9.17, 15) is 9.59 Å². The molecule has 2 N–H and O–H groups in total. The van der Waals surface area contributed by atoms with Gasteiger partial charge in [0, 0.05) is 25.1 Å². The van der Waals surface area contributed by atoms with Crippen molar-refractivity contribution in [3.8, 4) is 11.4 Å². The van der Waals surface area contributed by atoms with Gasteiger partial charge in [-0.05, 0) is 26.3 Å². The second-order valence-corrected chi connectivity index (χ2v) is 10.2. The molecule has 0 radical (unpaired) electrons. The fourth-order valence-corrected chi connectivity index (χ4v) is 3.29. The van der Waals surface area contributed by atoms with Crippen molar-refractivity contribution < 1.29 is 42.7 Å². The SMILES string of the molecule is CC(C)(C)OC(=O)NCCOCCOCCOCCOCCOCCOCCC(=O)NCc1ccc(-c2nncnn2)cc1. The highest BCUT2D eigenvalue weighted by Gasteiger charge is 2.15. The van der Waals surface area contributed by atoms with E-state index in [1.54, 1.807) is 0 Å². The number of nitrogens with zero attached hydrogens (tertiary/aromatic N) is 4. The average Bonchev–Trinajstić information content (AvgIpc) is 3.00. The highest BCUT2D eigenvalue weighted by atomic mass is 16.6. The van der Waals surface area contributed by atoms with Crippen molar-refractivity contribution in [2.45, 2.75) is 39.3 Å². The fraction of sp³-hybridized carbons (Fsp3) is 0.655. The largest absolute Gasteiger partial charge is 0.444 e. The minimum Gasteiger partial charge on any atom is -0.444 e. The Morgan fingerprint density at radius 3 is 1.64 bits per heavy atom. The molecule has 1 heterocycles. The zero-order valence-electron chi connectivity index (χ0n) is 26.0. The number of hydrogen-bond donors (Lipinski definition) is 2. The summed E-state index contributed by atoms with van der Waals surface area (Å²) in [4.78, 5) is 23.5. The van der Waals surface area contributed by atoms with Gasteiger partial charge in [0.25, 0.3) is 0 Å². The first-order valence-corrected chi connectivity index (χ1v) is 14.6. The molecule has 0 aliphatic heterocycles. The molecule has 2 amide bonds. The lowest BCUT2D eigenvalue weighted by molar-refractivity contribution is -0.122. The van der Waals surface area contributed by atoms with Crippen LogP contribution in [0.5, 0.6) is 0 Å². The van der Waals surface area contributed by atoms with E-state index in [1.807, 2.05) is 45.0 Å². The molecular formula is C29H46N6O9. The number of hydrogen-bond acceptors (Lipinski definition) is 13. The Morgan fingerprint density at radius 1 is 0.659 bits per heavy atom. The third-order valence-electron chi connectivity index (χ3n) is 5.36. The van der Waals surface area contributed by atoms with Crippen LogP contribution in [0.3, 0.4) is 0 Å². The van der Waals surface area contributed by atoms with Gasteiger partial charge in [0.1, 0.15) is 5.60 Å². The summed E-state index contributed by atoms with van der Waals surface area (Å²) in [5, 5.41) is 20.8. The van der Waals surface area contributed by atoms with Gasteiger partial charge in [-0.2, -0.15) is 0 Å². The number of nitrogens with one attached hydrogen (secondary N) is 2. The van der Waals surface area contributed by atoms with Gasteiger partial charge in [-0.25, -0.2) is 4.79 Å². The van der Waals surface area contributed by atoms with E-state index < -0.39 is 11.7 Å². The second-order valence-electron chi connectivity index (χ2n) is 10.2. The second kappa shape index (κ2) is 23.1. The van der Waals surface area contributed by atoms with E-state index in [1.165, 1.54) is 6.33 Å². The van der Waals surface area contributed by atoms with Crippen LogP contribution in [0, 0.1) is 0 Å². The van der Waals surface area contributed by atoms with Crippen LogP contribution in [-0.4, -0.2) is 124 Å². The van der Waals surface area contributed by atoms with Crippen molar-refractivity contribution in [2.24, 2.45) is 0 Å². The van der Waals surface area contributed by atoms with Gasteiger partial charge in [0.2, 0.25) is 11.7 Å². The summed E-state index contributed by atoms with van der Waals surface area (Å²) in [7, 11) is 0. The lowest BCUT2D eigenvalue weighted by atomic mass is 10.1. The number of aromatic nitrogens is 4. The highest BCUT2D eigenvalue weighted by molar-refractivity contribution is 5.76. The van der Waals surface area contributed by atoms with E-state index >= 15 is 0 Å². The molecule has 0 aliphatic carbocycles. The molecule has 2 rings (SSSR count). The van der Waals surface area contributed by atoms with Crippen LogP contribution in [0.15, 0.2) is 30.6 Å². The highest BCUT2D eigenvalue weighted by Crippen LogP contribution is 2.13. The number of amides is 2. The Kier molecular flexibility index (Phi) is 19.3. The van der Waals surface area contributed by atoms with Gasteiger partial charge < -0.3 is 43.8 Å². The minimum atomic E-state index is -0.517. The van der Waals surface area contributed by atoms with Crippen molar-refractivity contribution in [3.05, 3.63) is 36.2 Å². The number of carbonyl (C=O) groups is 2. The van der Waals surface area contributed by atoms with Crippen molar-refractivity contribution in [3.63, 3.8) is 0 Å². The van der Waals surface area contributed by atoms with Crippen molar-refractivity contribution in [2.75, 3.05) is 85.8 Å². The Labute approximate surface area is 258 Å². The molecule has 0 saturated heterocycles. The van der Waals surface area contributed by atoms with Gasteiger partial charge in [0.05, 0.1) is 79.3 Å². The lowest BCUT2D eigenvalue weighted by Gasteiger charge is -2.19. The summed E-state index contributed by atoms with van der Waals surface area (Å²) in [5.74, 6) is 0.358. The summed E-state index contributed by atoms with van der Waals surface area (Å²) < 4.78 is 37.8. The maximum atomic E-state index is 12.0. The molecule has 1 aromatic heterocycles. The third kappa shape index (κ3) is 19.8. The quantitative estimate of drug-likeness (QED) is 0.162. The predicted octanol–water partition coefficient (Wildman–Crippen LogP) is 1.56. The first-order valence-electron chi connectivity index (χ1n) is 14.6. The first-order chi connectivity index (χ1) is 21.3. The summed E-state index contributed by atoms with van der Waals surface area (Å²) >= 11 is 0. The van der Waals surface area contributed by atoms with Crippen LogP contribution in [-0.2, 0) is 44.5 Å². The molecule has 0 unspecified atom stereocenters. The Balaban J connectivity index is 1.27. The molecule has 15 heteroatoms. The monoisotopic (exact) mass is 622 g/mol. The van der Waals surface area contributed by atoms with Gasteiger partial charge in [0.15, 0.2) is 6.33 Å². The summed E-state index contributed by atoms with van der Waals surface area (Å²) in [6, 6.07) is 7.51. The maximum absolute atomic E-state index is 12.0. The van der Waals surface area contributed by atoms with Crippen LogP contribution < -0.4 is 10.6 Å². The van der Waals surface area contributed by atoms with E-state index in [2.05, 4.69) is 31.0 Å². The van der Waals surface area contributed by atoms with Crippen LogP contribution in [0.2, 0.25) is 0 Å². The van der Waals surface area contributed by atoms with Crippen LogP contribution in [0.1, 0.15) is 32.8 Å². The van der Waals surface area contributed by atoms with Gasteiger partial charge in [-0.15, -0.1) is 20.4 Å². The summed E-state index contributed by atoms with van der Waals surface area (Å²) in [6.07, 6.45) is 1.09. The number of rotatable bonds is 24. The van der Waals surface area contributed by atoms with E-state index in [0.717, 1.165) is 11.1 Å². The Bertz CT molecular complexity index is 1030. The van der Waals surface area contributed by atoms with Crippen molar-refractivity contribution in [1.82, 2.24) is 31.0 Å². The first kappa shape index (κ1) is 36.8. The topological polar surface area (TPSA) is 174 Å². The molecule has 0 fully saturated rings. The smallest absolute Gasteiger partial charge is 0.407 e. The molecule has 0 saturated carbocycles. The lowest BCUT2D eigenvalue weighted by Crippen LogP contribution is -2.34. The van der Waals surface area contributed by atoms with Gasteiger partial charge in [-0.1, -0.05) is 24.3 Å². The van der Waals surface area contributed by atoms with Crippen LogP contribution >= 0.6 is 0 Å². The van der Waals surface area contributed by atoms with Gasteiger partial charge in [-0.3, -0.25) is 4.79 Å². The molecule has 0 spiro atoms. The number of benzene rings is 1. The Hall–Kier alpha value is -3.34. The van der Waals surface area contributed by atoms with Gasteiger partial charge >= 0.3 is 6.09 Å². The third-order valence-corrected chi connectivity index (χ3v) is 5.36. The fourth-order valence-electron chi connectivity index (χ4n) is 3.29. The van der Waals surface area contributed by atoms with Crippen LogP contribution in [0.25, 0.3) is 11.4 Å². The minimum absolute atomic E-state index is 0.0903. The maximum Gasteiger partial charge on any atom is 0.407 e. The van der Waals surface area contributed by atoms with E-state index in [4.69, 9.17) is 33.2 Å². The molecule has 44 heavy (non-hydrogen) atoms. The molecule has 1 aromatic carbocycles. The Morgan fingerprint density at radius 2 is 1.14 bits per heavy atom. The number of alkyl carbamates (subject to hydrolysis) is 1. The average molecular weight is 623 g/mol. The van der Waals surface area contributed by atoms with E-state index in [0.29, 0.717) is 98.2 Å². The van der Waals surface area contributed by atoms with Crippen molar-refractivity contribution >= 4 is 12.0 Å². The summed E-state index contributed by atoms with van der Waals surface area (Å²) in [6.45, 7) is 11.4. The molecule has 246 valence electrons. The molecule has 0 bridgehead atoms. The normalized spacial score (nSPS) is 11.3. The zero-order valence-corrected chi connectivity index (χ0v) is 26.0. The molecule has 2 aromatic rings. The van der Waals surface area contributed by atoms with E-state index in [-0.39, 0.29) is 12.3 Å². The number of carbonyl (C=O) groups excluding carboxylic acids is 2. The molecular weight excluding hydrogens is 576 g/mol. The molecule has 0 aliphatic rings.